The average molecular weight is 332 g/mol. The van der Waals surface area contributed by atoms with E-state index in [1.54, 1.807) is 24.3 Å². The number of carbonyl (C=O) groups is 1. The summed E-state index contributed by atoms with van der Waals surface area (Å²) in [6.45, 7) is 0.410. The van der Waals surface area contributed by atoms with E-state index < -0.39 is 16.1 Å². The maximum absolute atomic E-state index is 12.5. The number of sulfonamides is 1. The second-order valence-electron chi connectivity index (χ2n) is 4.25. The highest BCUT2D eigenvalue weighted by Crippen LogP contribution is 2.28. The molecule has 1 saturated heterocycles. The first kappa shape index (κ1) is 13.7. The van der Waals surface area contributed by atoms with Gasteiger partial charge in [-0.2, -0.15) is 4.31 Å². The Morgan fingerprint density at radius 2 is 2.00 bits per heavy atom. The number of nitrogens with zero attached hydrogens (tertiary/aromatic N) is 1. The molecule has 0 radical (unpaired) electrons. The van der Waals surface area contributed by atoms with Crippen molar-refractivity contribution >= 4 is 32.2 Å². The molecule has 98 valence electrons. The molecule has 1 heterocycles. The van der Waals surface area contributed by atoms with E-state index in [2.05, 4.69) is 15.9 Å². The van der Waals surface area contributed by atoms with Gasteiger partial charge in [-0.1, -0.05) is 18.6 Å². The van der Waals surface area contributed by atoms with Crippen molar-refractivity contribution in [1.29, 1.82) is 0 Å². The number of piperidine rings is 1. The van der Waals surface area contributed by atoms with Crippen LogP contribution in [0.4, 0.5) is 0 Å². The van der Waals surface area contributed by atoms with Gasteiger partial charge in [0.2, 0.25) is 10.0 Å². The van der Waals surface area contributed by atoms with E-state index in [-0.39, 0.29) is 4.90 Å². The minimum atomic E-state index is -3.60. The summed E-state index contributed by atoms with van der Waals surface area (Å²) in [6.07, 6.45) is 3.03. The number of benzene rings is 1. The van der Waals surface area contributed by atoms with Crippen LogP contribution < -0.4 is 0 Å². The Morgan fingerprint density at radius 1 is 1.28 bits per heavy atom. The Balaban J connectivity index is 2.42. The van der Waals surface area contributed by atoms with Crippen LogP contribution in [0.25, 0.3) is 0 Å². The molecule has 1 atom stereocenters. The molecule has 0 amide bonds. The molecule has 18 heavy (non-hydrogen) atoms. The van der Waals surface area contributed by atoms with Gasteiger partial charge in [-0.05, 0) is 40.9 Å². The summed E-state index contributed by atoms with van der Waals surface area (Å²) in [7, 11) is -3.60. The van der Waals surface area contributed by atoms with Gasteiger partial charge >= 0.3 is 0 Å². The first-order valence-electron chi connectivity index (χ1n) is 5.79. The van der Waals surface area contributed by atoms with E-state index in [0.717, 1.165) is 19.1 Å². The molecule has 1 aliphatic rings. The van der Waals surface area contributed by atoms with Gasteiger partial charge in [0.25, 0.3) is 0 Å². The van der Waals surface area contributed by atoms with Gasteiger partial charge < -0.3 is 4.79 Å². The molecule has 0 aromatic heterocycles. The van der Waals surface area contributed by atoms with Crippen LogP contribution in [0.1, 0.15) is 19.3 Å². The van der Waals surface area contributed by atoms with Crippen LogP contribution in [0.15, 0.2) is 33.6 Å². The standard InChI is InChI=1S/C12H14BrNO3S/c13-11-6-1-2-7-12(11)18(16,17)14-8-4-3-5-10(14)9-15/h1-2,6-7,9-10H,3-5,8H2. The molecule has 1 aromatic carbocycles. The number of carbonyl (C=O) groups excluding carboxylic acids is 1. The fraction of sp³-hybridized carbons (Fsp3) is 0.417. The van der Waals surface area contributed by atoms with E-state index in [1.165, 1.54) is 4.31 Å². The molecule has 0 N–H and O–H groups in total. The second-order valence-corrected chi connectivity index (χ2v) is 6.96. The zero-order valence-electron chi connectivity index (χ0n) is 9.75. The number of hydrogen-bond acceptors (Lipinski definition) is 3. The molecular weight excluding hydrogens is 318 g/mol. The van der Waals surface area contributed by atoms with Crippen molar-refractivity contribution in [2.75, 3.05) is 6.54 Å². The fourth-order valence-electron chi connectivity index (χ4n) is 2.15. The minimum absolute atomic E-state index is 0.221. The summed E-state index contributed by atoms with van der Waals surface area (Å²) in [4.78, 5) is 11.2. The van der Waals surface area contributed by atoms with Crippen molar-refractivity contribution in [2.24, 2.45) is 0 Å². The van der Waals surface area contributed by atoms with Crippen molar-refractivity contribution in [1.82, 2.24) is 4.31 Å². The summed E-state index contributed by atoms with van der Waals surface area (Å²) < 4.78 is 26.9. The van der Waals surface area contributed by atoms with Gasteiger partial charge in [-0.25, -0.2) is 8.42 Å². The van der Waals surface area contributed by atoms with Gasteiger partial charge in [-0.15, -0.1) is 0 Å². The van der Waals surface area contributed by atoms with Crippen LogP contribution in [0.2, 0.25) is 0 Å². The zero-order valence-corrected chi connectivity index (χ0v) is 12.2. The molecule has 2 rings (SSSR count). The normalized spacial score (nSPS) is 21.7. The van der Waals surface area contributed by atoms with E-state index in [9.17, 15) is 13.2 Å². The topological polar surface area (TPSA) is 54.5 Å². The van der Waals surface area contributed by atoms with Crippen LogP contribution in [0, 0.1) is 0 Å². The molecule has 1 aromatic rings. The van der Waals surface area contributed by atoms with Gasteiger partial charge in [0, 0.05) is 11.0 Å². The highest BCUT2D eigenvalue weighted by Gasteiger charge is 2.34. The van der Waals surface area contributed by atoms with Crippen LogP contribution in [0.3, 0.4) is 0 Å². The third-order valence-corrected chi connectivity index (χ3v) is 6.02. The molecule has 6 heteroatoms. The minimum Gasteiger partial charge on any atom is -0.302 e. The third kappa shape index (κ3) is 2.50. The lowest BCUT2D eigenvalue weighted by Gasteiger charge is -2.31. The van der Waals surface area contributed by atoms with Gasteiger partial charge in [0.15, 0.2) is 0 Å². The number of hydrogen-bond donors (Lipinski definition) is 0. The Bertz CT molecular complexity index is 544. The summed E-state index contributed by atoms with van der Waals surface area (Å²) in [6, 6.07) is 6.15. The van der Waals surface area contributed by atoms with E-state index in [0.29, 0.717) is 17.4 Å². The van der Waals surface area contributed by atoms with Crippen molar-refractivity contribution in [3.8, 4) is 0 Å². The summed E-state index contributed by atoms with van der Waals surface area (Å²) in [5.41, 5.74) is 0. The van der Waals surface area contributed by atoms with Gasteiger partial charge in [0.1, 0.15) is 6.29 Å². The third-order valence-electron chi connectivity index (χ3n) is 3.08. The summed E-state index contributed by atoms with van der Waals surface area (Å²) in [5, 5.41) is 0. The Hall–Kier alpha value is -0.720. The van der Waals surface area contributed by atoms with E-state index in [4.69, 9.17) is 0 Å². The molecule has 1 unspecified atom stereocenters. The average Bonchev–Trinajstić information content (AvgIpc) is 2.39. The first-order valence-corrected chi connectivity index (χ1v) is 8.02. The quantitative estimate of drug-likeness (QED) is 0.798. The van der Waals surface area contributed by atoms with E-state index >= 15 is 0 Å². The molecule has 0 spiro atoms. The van der Waals surface area contributed by atoms with Crippen molar-refractivity contribution in [2.45, 2.75) is 30.2 Å². The summed E-state index contributed by atoms with van der Waals surface area (Å²) >= 11 is 3.25. The monoisotopic (exact) mass is 331 g/mol. The molecule has 1 fully saturated rings. The van der Waals surface area contributed by atoms with Crippen molar-refractivity contribution in [3.63, 3.8) is 0 Å². The van der Waals surface area contributed by atoms with Crippen LogP contribution in [-0.4, -0.2) is 31.6 Å². The Morgan fingerprint density at radius 3 is 2.67 bits per heavy atom. The number of halogens is 1. The maximum atomic E-state index is 12.5. The first-order chi connectivity index (χ1) is 8.57. The summed E-state index contributed by atoms with van der Waals surface area (Å²) in [5.74, 6) is 0. The lowest BCUT2D eigenvalue weighted by Crippen LogP contribution is -2.44. The van der Waals surface area contributed by atoms with Crippen LogP contribution in [-0.2, 0) is 14.8 Å². The van der Waals surface area contributed by atoms with E-state index in [1.807, 2.05) is 0 Å². The fourth-order valence-corrected chi connectivity index (χ4v) is 4.74. The van der Waals surface area contributed by atoms with Crippen molar-refractivity contribution < 1.29 is 13.2 Å². The lowest BCUT2D eigenvalue weighted by molar-refractivity contribution is -0.111. The number of rotatable bonds is 3. The van der Waals surface area contributed by atoms with Crippen LogP contribution >= 0.6 is 15.9 Å². The zero-order chi connectivity index (χ0) is 13.2. The Labute approximate surface area is 115 Å². The smallest absolute Gasteiger partial charge is 0.244 e. The predicted molar refractivity (Wildman–Crippen MR) is 71.7 cm³/mol. The lowest BCUT2D eigenvalue weighted by atomic mass is 10.1. The highest BCUT2D eigenvalue weighted by atomic mass is 79.9. The van der Waals surface area contributed by atoms with Gasteiger partial charge in [0.05, 0.1) is 10.9 Å². The largest absolute Gasteiger partial charge is 0.302 e. The molecule has 4 nitrogen and oxygen atoms in total. The second kappa shape index (κ2) is 5.50. The molecular formula is C12H14BrNO3S. The number of aldehydes is 1. The van der Waals surface area contributed by atoms with Crippen LogP contribution in [0.5, 0.6) is 0 Å². The van der Waals surface area contributed by atoms with Gasteiger partial charge in [-0.3, -0.25) is 0 Å². The van der Waals surface area contributed by atoms with Crippen molar-refractivity contribution in [3.05, 3.63) is 28.7 Å². The molecule has 0 aliphatic carbocycles. The molecule has 1 aliphatic heterocycles. The Kier molecular flexibility index (Phi) is 4.19. The SMILES string of the molecule is O=CC1CCCCN1S(=O)(=O)c1ccccc1Br. The molecule has 0 bridgehead atoms. The maximum Gasteiger partial charge on any atom is 0.244 e. The predicted octanol–water partition coefficient (Wildman–Crippen LogP) is 2.19. The highest BCUT2D eigenvalue weighted by molar-refractivity contribution is 9.10. The molecule has 0 saturated carbocycles.